The Bertz CT molecular complexity index is 1190. The molecular weight excluding hydrogens is 460 g/mol. The first kappa shape index (κ1) is 22.4. The third kappa shape index (κ3) is 4.67. The zero-order chi connectivity index (χ0) is 22.9. The molecule has 5 rings (SSSR count). The van der Waals surface area contributed by atoms with Crippen molar-refractivity contribution in [3.05, 3.63) is 80.8 Å². The summed E-state index contributed by atoms with van der Waals surface area (Å²) in [6.45, 7) is 0. The molecule has 1 heterocycles. The van der Waals surface area contributed by atoms with Crippen LogP contribution in [-0.2, 0) is 12.8 Å². The van der Waals surface area contributed by atoms with Crippen molar-refractivity contribution in [3.8, 4) is 5.69 Å². The standard InChI is InChI=1S/C26H26Cl2FN3O/c27-18-11-12-23(22(28)15-18)32-25-17(13-16-5-3-7-19(29)14-16)6-1-2-10-21(25)24(31-32)26(33)30-20-8-4-9-20/h3,5,7,11-12,14-15,17,20H,1-2,4,6,8-10,13H2,(H,30,33). The van der Waals surface area contributed by atoms with Crippen LogP contribution in [0.4, 0.5) is 4.39 Å². The molecule has 1 unspecified atom stereocenters. The Morgan fingerprint density at radius 3 is 2.67 bits per heavy atom. The fourth-order valence-corrected chi connectivity index (χ4v) is 5.42. The van der Waals surface area contributed by atoms with Gasteiger partial charge in [-0.3, -0.25) is 4.79 Å². The van der Waals surface area contributed by atoms with Crippen LogP contribution >= 0.6 is 23.2 Å². The van der Waals surface area contributed by atoms with E-state index >= 15 is 0 Å². The first-order valence-corrected chi connectivity index (χ1v) is 12.4. The molecule has 4 nitrogen and oxygen atoms in total. The summed E-state index contributed by atoms with van der Waals surface area (Å²) >= 11 is 12.7. The molecule has 3 aromatic rings. The number of halogens is 3. The fourth-order valence-electron chi connectivity index (χ4n) is 4.93. The van der Waals surface area contributed by atoms with Gasteiger partial charge in [-0.05, 0) is 80.8 Å². The molecule has 2 aromatic carbocycles. The van der Waals surface area contributed by atoms with Gasteiger partial charge in [-0.1, -0.05) is 41.8 Å². The minimum absolute atomic E-state index is 0.0915. The Morgan fingerprint density at radius 2 is 1.94 bits per heavy atom. The molecule has 0 aliphatic heterocycles. The summed E-state index contributed by atoms with van der Waals surface area (Å²) in [5.41, 5.74) is 4.10. The highest BCUT2D eigenvalue weighted by Crippen LogP contribution is 2.38. The summed E-state index contributed by atoms with van der Waals surface area (Å²) in [6, 6.07) is 12.3. The van der Waals surface area contributed by atoms with E-state index in [4.69, 9.17) is 28.3 Å². The first-order valence-electron chi connectivity index (χ1n) is 11.6. The molecule has 172 valence electrons. The summed E-state index contributed by atoms with van der Waals surface area (Å²) in [5.74, 6) is -0.267. The number of fused-ring (bicyclic) bond motifs is 1. The largest absolute Gasteiger partial charge is 0.348 e. The fraction of sp³-hybridized carbons (Fsp3) is 0.385. The Kier molecular flexibility index (Phi) is 6.44. The monoisotopic (exact) mass is 485 g/mol. The van der Waals surface area contributed by atoms with E-state index in [1.807, 2.05) is 16.8 Å². The number of carbonyl (C=O) groups excluding carboxylic acids is 1. The Morgan fingerprint density at radius 1 is 1.09 bits per heavy atom. The second kappa shape index (κ2) is 9.47. The van der Waals surface area contributed by atoms with E-state index < -0.39 is 0 Å². The second-order valence-corrected chi connectivity index (χ2v) is 9.94. The normalized spacial score (nSPS) is 18.3. The maximum atomic E-state index is 13.9. The van der Waals surface area contributed by atoms with E-state index in [1.54, 1.807) is 24.3 Å². The molecule has 1 aromatic heterocycles. The molecule has 0 bridgehead atoms. The van der Waals surface area contributed by atoms with Crippen LogP contribution in [0.5, 0.6) is 0 Å². The smallest absolute Gasteiger partial charge is 0.272 e. The highest BCUT2D eigenvalue weighted by atomic mass is 35.5. The third-order valence-electron chi connectivity index (χ3n) is 6.80. The van der Waals surface area contributed by atoms with Crippen LogP contribution in [-0.4, -0.2) is 21.7 Å². The van der Waals surface area contributed by atoms with Gasteiger partial charge in [0.1, 0.15) is 5.82 Å². The van der Waals surface area contributed by atoms with E-state index in [0.717, 1.165) is 61.8 Å². The lowest BCUT2D eigenvalue weighted by Crippen LogP contribution is -2.40. The van der Waals surface area contributed by atoms with Gasteiger partial charge in [-0.25, -0.2) is 9.07 Å². The minimum Gasteiger partial charge on any atom is -0.348 e. The molecule has 33 heavy (non-hydrogen) atoms. The predicted octanol–water partition coefficient (Wildman–Crippen LogP) is 6.65. The molecule has 0 saturated heterocycles. The van der Waals surface area contributed by atoms with Crippen LogP contribution < -0.4 is 5.32 Å². The molecule has 7 heteroatoms. The number of amides is 1. The first-order chi connectivity index (χ1) is 16.0. The second-order valence-electron chi connectivity index (χ2n) is 9.10. The van der Waals surface area contributed by atoms with Crippen LogP contribution in [0.15, 0.2) is 42.5 Å². The van der Waals surface area contributed by atoms with Gasteiger partial charge in [0.15, 0.2) is 5.69 Å². The highest BCUT2D eigenvalue weighted by molar-refractivity contribution is 6.35. The van der Waals surface area contributed by atoms with Crippen molar-refractivity contribution in [3.63, 3.8) is 0 Å². The Balaban J connectivity index is 1.62. The molecule has 1 N–H and O–H groups in total. The van der Waals surface area contributed by atoms with Gasteiger partial charge in [0.25, 0.3) is 5.91 Å². The highest BCUT2D eigenvalue weighted by Gasteiger charge is 2.32. The Labute approximate surface area is 203 Å². The number of nitrogens with zero attached hydrogens (tertiary/aromatic N) is 2. The molecule has 1 amide bonds. The molecule has 0 radical (unpaired) electrons. The van der Waals surface area contributed by atoms with Gasteiger partial charge in [-0.15, -0.1) is 0 Å². The van der Waals surface area contributed by atoms with Gasteiger partial charge in [0, 0.05) is 22.5 Å². The number of carbonyl (C=O) groups is 1. The maximum absolute atomic E-state index is 13.9. The molecule has 1 saturated carbocycles. The van der Waals surface area contributed by atoms with Crippen molar-refractivity contribution in [2.24, 2.45) is 0 Å². The number of hydrogen-bond acceptors (Lipinski definition) is 2. The van der Waals surface area contributed by atoms with Gasteiger partial charge in [0.05, 0.1) is 16.4 Å². The van der Waals surface area contributed by atoms with E-state index in [1.165, 1.54) is 6.07 Å². The quantitative estimate of drug-likeness (QED) is 0.411. The minimum atomic E-state index is -0.240. The van der Waals surface area contributed by atoms with Crippen molar-refractivity contribution in [1.29, 1.82) is 0 Å². The lowest BCUT2D eigenvalue weighted by Gasteiger charge is -2.26. The Hall–Kier alpha value is -2.37. The number of rotatable bonds is 5. The van der Waals surface area contributed by atoms with Gasteiger partial charge in [-0.2, -0.15) is 5.10 Å². The van der Waals surface area contributed by atoms with Crippen LogP contribution in [0.2, 0.25) is 10.0 Å². The van der Waals surface area contributed by atoms with Crippen LogP contribution in [0.1, 0.15) is 71.8 Å². The SMILES string of the molecule is O=C(NC1CCC1)c1nn(-c2ccc(Cl)cc2Cl)c2c1CCCCC2Cc1cccc(F)c1. The van der Waals surface area contributed by atoms with Gasteiger partial charge < -0.3 is 5.32 Å². The van der Waals surface area contributed by atoms with Crippen molar-refractivity contribution < 1.29 is 9.18 Å². The number of benzene rings is 2. The molecule has 1 atom stereocenters. The van der Waals surface area contributed by atoms with Crippen molar-refractivity contribution in [1.82, 2.24) is 15.1 Å². The lowest BCUT2D eigenvalue weighted by molar-refractivity contribution is 0.0910. The van der Waals surface area contributed by atoms with Crippen LogP contribution in [0.25, 0.3) is 5.69 Å². The van der Waals surface area contributed by atoms with E-state index in [2.05, 4.69) is 5.32 Å². The van der Waals surface area contributed by atoms with Gasteiger partial charge >= 0.3 is 0 Å². The van der Waals surface area contributed by atoms with Crippen LogP contribution in [0, 0.1) is 5.82 Å². The number of hydrogen-bond donors (Lipinski definition) is 1. The van der Waals surface area contributed by atoms with Gasteiger partial charge in [0.2, 0.25) is 0 Å². The molecule has 2 aliphatic rings. The predicted molar refractivity (Wildman–Crippen MR) is 129 cm³/mol. The number of nitrogens with one attached hydrogen (secondary N) is 1. The van der Waals surface area contributed by atoms with E-state index in [9.17, 15) is 9.18 Å². The summed E-state index contributed by atoms with van der Waals surface area (Å²) in [4.78, 5) is 13.2. The lowest BCUT2D eigenvalue weighted by atomic mass is 9.90. The zero-order valence-corrected chi connectivity index (χ0v) is 19.8. The van der Waals surface area contributed by atoms with E-state index in [-0.39, 0.29) is 23.7 Å². The van der Waals surface area contributed by atoms with Crippen LogP contribution in [0.3, 0.4) is 0 Å². The summed E-state index contributed by atoms with van der Waals surface area (Å²) < 4.78 is 15.7. The summed E-state index contributed by atoms with van der Waals surface area (Å²) in [5, 5.41) is 8.99. The summed E-state index contributed by atoms with van der Waals surface area (Å²) in [7, 11) is 0. The van der Waals surface area contributed by atoms with Crippen molar-refractivity contribution >= 4 is 29.1 Å². The average Bonchev–Trinajstić information content (AvgIpc) is 3.00. The molecular formula is C26H26Cl2FN3O. The zero-order valence-electron chi connectivity index (χ0n) is 18.3. The molecule has 0 spiro atoms. The maximum Gasteiger partial charge on any atom is 0.272 e. The summed E-state index contributed by atoms with van der Waals surface area (Å²) in [6.07, 6.45) is 7.58. The molecule has 1 fully saturated rings. The van der Waals surface area contributed by atoms with E-state index in [0.29, 0.717) is 27.8 Å². The van der Waals surface area contributed by atoms with Crippen molar-refractivity contribution in [2.45, 2.75) is 63.3 Å². The molecule has 2 aliphatic carbocycles. The van der Waals surface area contributed by atoms with Crippen molar-refractivity contribution in [2.75, 3.05) is 0 Å². The topological polar surface area (TPSA) is 46.9 Å². The average molecular weight is 486 g/mol. The third-order valence-corrected chi connectivity index (χ3v) is 7.34. The number of aromatic nitrogens is 2.